The topological polar surface area (TPSA) is 119 Å². The zero-order chi connectivity index (χ0) is 15.1. The minimum Gasteiger partial charge on any atom is -0.476 e. The first-order valence-electron chi connectivity index (χ1n) is 6.02. The van der Waals surface area contributed by atoms with Crippen molar-refractivity contribution in [1.82, 2.24) is 15.3 Å². The summed E-state index contributed by atoms with van der Waals surface area (Å²) in [6.07, 6.45) is 1.34. The summed E-state index contributed by atoms with van der Waals surface area (Å²) in [5, 5.41) is 16.4. The molecule has 1 amide bonds. The van der Waals surface area contributed by atoms with E-state index in [1.807, 2.05) is 13.8 Å². The molecule has 0 atom stereocenters. The molecule has 1 aromatic heterocycles. The predicted molar refractivity (Wildman–Crippen MR) is 71.6 cm³/mol. The first kappa shape index (κ1) is 15.6. The van der Waals surface area contributed by atoms with Crippen LogP contribution in [0.4, 0.5) is 11.5 Å². The molecule has 9 heteroatoms. The van der Waals surface area contributed by atoms with E-state index in [1.165, 1.54) is 7.11 Å². The van der Waals surface area contributed by atoms with Crippen molar-refractivity contribution in [3.05, 3.63) is 16.4 Å². The molecule has 110 valence electrons. The maximum Gasteiger partial charge on any atom is 0.372 e. The van der Waals surface area contributed by atoms with Crippen LogP contribution in [0.3, 0.4) is 0 Å². The molecule has 9 nitrogen and oxygen atoms in total. The summed E-state index contributed by atoms with van der Waals surface area (Å²) < 4.78 is 4.82. The number of hydrogen-bond acceptors (Lipinski definition) is 7. The third-order valence-electron chi connectivity index (χ3n) is 2.26. The lowest BCUT2D eigenvalue weighted by atomic mass is 10.3. The number of aromatic nitrogens is 2. The molecule has 1 heterocycles. The number of carbonyl (C=O) groups is 1. The van der Waals surface area contributed by atoms with Crippen molar-refractivity contribution in [2.45, 2.75) is 26.3 Å². The fourth-order valence-electron chi connectivity index (χ4n) is 1.49. The number of amides is 1. The molecule has 0 bridgehead atoms. The summed E-state index contributed by atoms with van der Waals surface area (Å²) in [7, 11) is 1.29. The Morgan fingerprint density at radius 2 is 2.20 bits per heavy atom. The number of nitrogens with one attached hydrogen (secondary N) is 2. The number of carbonyl (C=O) groups excluding carboxylic acids is 1. The normalized spacial score (nSPS) is 10.2. The molecule has 0 spiro atoms. The molecule has 20 heavy (non-hydrogen) atoms. The number of nitrogens with zero attached hydrogens (tertiary/aromatic N) is 3. The minimum absolute atomic E-state index is 0.0270. The summed E-state index contributed by atoms with van der Waals surface area (Å²) in [5.41, 5.74) is -0.348. The standard InChI is InChI=1S/C11H17N5O4/c1-7(2)15-8(17)4-5-12-10-9(16(18)19)11(20-3)14-6-13-10/h6-7H,4-5H2,1-3H3,(H,15,17)(H,12,13,14). The van der Waals surface area contributed by atoms with Crippen molar-refractivity contribution in [1.29, 1.82) is 0 Å². The van der Waals surface area contributed by atoms with E-state index >= 15 is 0 Å². The van der Waals surface area contributed by atoms with E-state index in [2.05, 4.69) is 20.6 Å². The van der Waals surface area contributed by atoms with Gasteiger partial charge in [-0.05, 0) is 13.8 Å². The Kier molecular flexibility index (Phi) is 5.63. The van der Waals surface area contributed by atoms with Gasteiger partial charge in [0.05, 0.1) is 12.0 Å². The maximum absolute atomic E-state index is 11.4. The molecule has 0 saturated carbocycles. The van der Waals surface area contributed by atoms with Gasteiger partial charge in [-0.3, -0.25) is 14.9 Å². The molecule has 0 aliphatic rings. The van der Waals surface area contributed by atoms with E-state index in [0.29, 0.717) is 0 Å². The quantitative estimate of drug-likeness (QED) is 0.558. The first-order chi connectivity index (χ1) is 9.45. The second kappa shape index (κ2) is 7.22. The highest BCUT2D eigenvalue weighted by Crippen LogP contribution is 2.30. The highest BCUT2D eigenvalue weighted by atomic mass is 16.6. The van der Waals surface area contributed by atoms with Gasteiger partial charge in [0.25, 0.3) is 5.88 Å². The van der Waals surface area contributed by atoms with Gasteiger partial charge >= 0.3 is 5.69 Å². The van der Waals surface area contributed by atoms with Crippen LogP contribution in [0.15, 0.2) is 6.33 Å². The molecule has 2 N–H and O–H groups in total. The summed E-state index contributed by atoms with van der Waals surface area (Å²) in [6.45, 7) is 3.93. The van der Waals surface area contributed by atoms with Crippen molar-refractivity contribution in [2.24, 2.45) is 0 Å². The third-order valence-corrected chi connectivity index (χ3v) is 2.26. The van der Waals surface area contributed by atoms with E-state index in [9.17, 15) is 14.9 Å². The maximum atomic E-state index is 11.4. The summed E-state index contributed by atoms with van der Waals surface area (Å²) in [4.78, 5) is 29.2. The number of anilines is 1. The van der Waals surface area contributed by atoms with E-state index in [4.69, 9.17) is 4.74 Å². The van der Waals surface area contributed by atoms with Gasteiger partial charge in [0.15, 0.2) is 0 Å². The molecular formula is C11H17N5O4. The van der Waals surface area contributed by atoms with Gasteiger partial charge in [0.1, 0.15) is 6.33 Å². The van der Waals surface area contributed by atoms with Crippen molar-refractivity contribution < 1.29 is 14.5 Å². The van der Waals surface area contributed by atoms with Crippen LogP contribution in [0.25, 0.3) is 0 Å². The van der Waals surface area contributed by atoms with Crippen molar-refractivity contribution in [3.63, 3.8) is 0 Å². The monoisotopic (exact) mass is 283 g/mol. The predicted octanol–water partition coefficient (Wildman–Crippen LogP) is 0.720. The Bertz CT molecular complexity index is 492. The molecular weight excluding hydrogens is 266 g/mol. The van der Waals surface area contributed by atoms with E-state index in [1.54, 1.807) is 0 Å². The van der Waals surface area contributed by atoms with Gasteiger partial charge in [-0.25, -0.2) is 4.98 Å². The molecule has 1 rings (SSSR count). The Labute approximate surface area is 115 Å². The van der Waals surface area contributed by atoms with Crippen LogP contribution >= 0.6 is 0 Å². The van der Waals surface area contributed by atoms with Crippen LogP contribution in [0, 0.1) is 10.1 Å². The summed E-state index contributed by atoms with van der Waals surface area (Å²) >= 11 is 0. The largest absolute Gasteiger partial charge is 0.476 e. The van der Waals surface area contributed by atoms with Crippen LogP contribution in [-0.2, 0) is 4.79 Å². The van der Waals surface area contributed by atoms with Crippen molar-refractivity contribution >= 4 is 17.4 Å². The summed E-state index contributed by atoms with van der Waals surface area (Å²) in [6, 6.07) is 0.0518. The van der Waals surface area contributed by atoms with Gasteiger partial charge in [0.2, 0.25) is 11.7 Å². The lowest BCUT2D eigenvalue weighted by molar-refractivity contribution is -0.385. The Balaban J connectivity index is 2.69. The zero-order valence-electron chi connectivity index (χ0n) is 11.5. The highest BCUT2D eigenvalue weighted by molar-refractivity contribution is 5.76. The molecule has 0 saturated heterocycles. The molecule has 0 fully saturated rings. The lowest BCUT2D eigenvalue weighted by Gasteiger charge is -2.09. The molecule has 0 radical (unpaired) electrons. The van der Waals surface area contributed by atoms with Gasteiger partial charge < -0.3 is 15.4 Å². The SMILES string of the molecule is COc1ncnc(NCCC(=O)NC(C)C)c1[N+](=O)[O-]. The van der Waals surface area contributed by atoms with Crippen LogP contribution in [0.2, 0.25) is 0 Å². The average Bonchev–Trinajstić information content (AvgIpc) is 2.37. The Morgan fingerprint density at radius 1 is 1.50 bits per heavy atom. The summed E-state index contributed by atoms with van der Waals surface area (Å²) in [5.74, 6) is -0.241. The van der Waals surface area contributed by atoms with Gasteiger partial charge in [-0.15, -0.1) is 0 Å². The molecule has 1 aromatic rings. The fourth-order valence-corrected chi connectivity index (χ4v) is 1.49. The van der Waals surface area contributed by atoms with Crippen LogP contribution < -0.4 is 15.4 Å². The fraction of sp³-hybridized carbons (Fsp3) is 0.545. The molecule has 0 unspecified atom stereocenters. The van der Waals surface area contributed by atoms with Crippen LogP contribution in [0.5, 0.6) is 5.88 Å². The number of methoxy groups -OCH3 is 1. The van der Waals surface area contributed by atoms with Gasteiger partial charge in [0, 0.05) is 19.0 Å². The van der Waals surface area contributed by atoms with Gasteiger partial charge in [-0.1, -0.05) is 0 Å². The number of rotatable bonds is 7. The van der Waals surface area contributed by atoms with E-state index in [-0.39, 0.29) is 42.3 Å². The average molecular weight is 283 g/mol. The van der Waals surface area contributed by atoms with E-state index in [0.717, 1.165) is 6.33 Å². The minimum atomic E-state index is -0.630. The Hall–Kier alpha value is -2.45. The van der Waals surface area contributed by atoms with Gasteiger partial charge in [-0.2, -0.15) is 4.98 Å². The van der Waals surface area contributed by atoms with Crippen molar-refractivity contribution in [2.75, 3.05) is 19.0 Å². The lowest BCUT2D eigenvalue weighted by Crippen LogP contribution is -2.31. The molecule has 0 aliphatic heterocycles. The molecule has 0 aliphatic carbocycles. The smallest absolute Gasteiger partial charge is 0.372 e. The van der Waals surface area contributed by atoms with Crippen LogP contribution in [0.1, 0.15) is 20.3 Å². The highest BCUT2D eigenvalue weighted by Gasteiger charge is 2.23. The number of ether oxygens (including phenoxy) is 1. The number of hydrogen-bond donors (Lipinski definition) is 2. The Morgan fingerprint density at radius 3 is 2.75 bits per heavy atom. The third kappa shape index (κ3) is 4.34. The zero-order valence-corrected chi connectivity index (χ0v) is 11.5. The van der Waals surface area contributed by atoms with Crippen LogP contribution in [-0.4, -0.2) is 40.5 Å². The first-order valence-corrected chi connectivity index (χ1v) is 6.02. The van der Waals surface area contributed by atoms with Crippen molar-refractivity contribution in [3.8, 4) is 5.88 Å². The molecule has 0 aromatic carbocycles. The second-order valence-corrected chi connectivity index (χ2v) is 4.24. The van der Waals surface area contributed by atoms with E-state index < -0.39 is 4.92 Å². The number of nitro groups is 1. The second-order valence-electron chi connectivity index (χ2n) is 4.24.